The fraction of sp³-hybridized carbons (Fsp3) is 0.786. The van der Waals surface area contributed by atoms with Crippen LogP contribution in [0.15, 0.2) is 0 Å². The van der Waals surface area contributed by atoms with Crippen LogP contribution in [0.2, 0.25) is 0 Å². The smallest absolute Gasteiger partial charge is 0.326 e. The molecule has 7 heteroatoms. The molecule has 120 valence electrons. The van der Waals surface area contributed by atoms with Gasteiger partial charge >= 0.3 is 18.0 Å². The maximum Gasteiger partial charge on any atom is 0.326 e. The van der Waals surface area contributed by atoms with Crippen molar-refractivity contribution in [1.82, 2.24) is 10.2 Å². The van der Waals surface area contributed by atoms with E-state index in [0.29, 0.717) is 18.4 Å². The first-order valence-electron chi connectivity index (χ1n) is 7.13. The van der Waals surface area contributed by atoms with E-state index in [1.165, 1.54) is 7.11 Å². The zero-order valence-corrected chi connectivity index (χ0v) is 13.0. The number of esters is 1. The number of hydrogen-bond acceptors (Lipinski definition) is 4. The Labute approximate surface area is 124 Å². The average Bonchev–Trinajstić information content (AvgIpc) is 2.41. The molecule has 0 spiro atoms. The van der Waals surface area contributed by atoms with E-state index in [2.05, 4.69) is 23.9 Å². The van der Waals surface area contributed by atoms with Crippen LogP contribution >= 0.6 is 0 Å². The number of piperidine rings is 1. The first-order chi connectivity index (χ1) is 9.76. The normalized spacial score (nSPS) is 26.9. The number of carboxylic acid groups (broad SMARTS) is 1. The lowest BCUT2D eigenvalue weighted by Crippen LogP contribution is -2.55. The lowest BCUT2D eigenvalue weighted by atomic mass is 9.86. The molecule has 0 aromatic carbocycles. The number of rotatable bonds is 4. The summed E-state index contributed by atoms with van der Waals surface area (Å²) in [6, 6.07) is -1.68. The Kier molecular flexibility index (Phi) is 5.99. The highest BCUT2D eigenvalue weighted by atomic mass is 16.5. The summed E-state index contributed by atoms with van der Waals surface area (Å²) in [6.07, 6.45) is 0.653. The van der Waals surface area contributed by atoms with E-state index in [9.17, 15) is 14.4 Å². The zero-order valence-electron chi connectivity index (χ0n) is 13.0. The van der Waals surface area contributed by atoms with Gasteiger partial charge < -0.3 is 20.1 Å². The highest BCUT2D eigenvalue weighted by Crippen LogP contribution is 2.26. The van der Waals surface area contributed by atoms with Gasteiger partial charge in [0, 0.05) is 12.6 Å². The fourth-order valence-electron chi connectivity index (χ4n) is 2.67. The molecule has 3 unspecified atom stereocenters. The number of nitrogens with zero attached hydrogens (tertiary/aromatic N) is 1. The topological polar surface area (TPSA) is 95.9 Å². The highest BCUT2D eigenvalue weighted by molar-refractivity contribution is 5.86. The summed E-state index contributed by atoms with van der Waals surface area (Å²) in [7, 11) is 1.18. The molecule has 0 aromatic rings. The van der Waals surface area contributed by atoms with Gasteiger partial charge in [0.25, 0.3) is 0 Å². The second-order valence-electron chi connectivity index (χ2n) is 5.83. The van der Waals surface area contributed by atoms with Gasteiger partial charge in [0.1, 0.15) is 6.04 Å². The summed E-state index contributed by atoms with van der Waals surface area (Å²) in [5.41, 5.74) is 0. The molecule has 1 fully saturated rings. The van der Waals surface area contributed by atoms with Gasteiger partial charge in [0.2, 0.25) is 0 Å². The number of hydrogen-bond donors (Lipinski definition) is 2. The highest BCUT2D eigenvalue weighted by Gasteiger charge is 2.34. The second-order valence-corrected chi connectivity index (χ2v) is 5.83. The quantitative estimate of drug-likeness (QED) is 0.757. The number of methoxy groups -OCH3 is 1. The molecular weight excluding hydrogens is 276 g/mol. The molecule has 7 nitrogen and oxygen atoms in total. The molecule has 2 N–H and O–H groups in total. The van der Waals surface area contributed by atoms with E-state index >= 15 is 0 Å². The standard InChI is InChI=1S/C14H24N2O5/c1-8-5-9(2)10(3)16(7-8)14(20)15-11(13(18)19)6-12(17)21-4/h8-11H,5-7H2,1-4H3,(H,15,20)(H,18,19)/t8?,9?,10?,11-/m0/s1. The molecule has 1 aliphatic heterocycles. The van der Waals surface area contributed by atoms with Gasteiger partial charge in [-0.3, -0.25) is 4.79 Å². The first kappa shape index (κ1) is 17.3. The molecule has 1 rings (SSSR count). The molecule has 1 aliphatic rings. The van der Waals surface area contributed by atoms with Crippen LogP contribution in [-0.2, 0) is 14.3 Å². The third-order valence-electron chi connectivity index (χ3n) is 4.05. The number of carboxylic acids is 1. The van der Waals surface area contributed by atoms with Gasteiger partial charge in [-0.05, 0) is 25.2 Å². The van der Waals surface area contributed by atoms with Gasteiger partial charge in [0.15, 0.2) is 0 Å². The van der Waals surface area contributed by atoms with Crippen molar-refractivity contribution < 1.29 is 24.2 Å². The van der Waals surface area contributed by atoms with Crippen molar-refractivity contribution in [2.24, 2.45) is 11.8 Å². The van der Waals surface area contributed by atoms with Gasteiger partial charge in [-0.1, -0.05) is 13.8 Å². The van der Waals surface area contributed by atoms with Gasteiger partial charge in [0.05, 0.1) is 13.5 Å². The number of carbonyl (C=O) groups is 3. The molecule has 0 radical (unpaired) electrons. The number of urea groups is 1. The summed E-state index contributed by atoms with van der Waals surface area (Å²) < 4.78 is 4.45. The molecule has 1 saturated heterocycles. The molecule has 0 bridgehead atoms. The van der Waals surface area contributed by atoms with Crippen molar-refractivity contribution >= 4 is 18.0 Å². The summed E-state index contributed by atoms with van der Waals surface area (Å²) in [6.45, 7) is 6.67. The van der Waals surface area contributed by atoms with Crippen molar-refractivity contribution in [2.75, 3.05) is 13.7 Å². The number of carbonyl (C=O) groups excluding carboxylic acids is 2. The summed E-state index contributed by atoms with van der Waals surface area (Å²) in [5.74, 6) is -1.20. The Bertz CT molecular complexity index is 412. The van der Waals surface area contributed by atoms with E-state index in [-0.39, 0.29) is 12.5 Å². The fourth-order valence-corrected chi connectivity index (χ4v) is 2.67. The Morgan fingerprint density at radius 3 is 2.48 bits per heavy atom. The van der Waals surface area contributed by atoms with Crippen LogP contribution in [0, 0.1) is 11.8 Å². The number of amides is 2. The Balaban J connectivity index is 2.72. The Hall–Kier alpha value is -1.79. The van der Waals surface area contributed by atoms with E-state index in [1.807, 2.05) is 6.92 Å². The number of likely N-dealkylation sites (tertiary alicyclic amines) is 1. The number of nitrogens with one attached hydrogen (secondary N) is 1. The predicted octanol–water partition coefficient (Wildman–Crippen LogP) is 1.08. The van der Waals surface area contributed by atoms with Crippen LogP contribution in [0.25, 0.3) is 0 Å². The molecule has 0 saturated carbocycles. The number of aliphatic carboxylic acids is 1. The minimum Gasteiger partial charge on any atom is -0.480 e. The van der Waals surface area contributed by atoms with Crippen LogP contribution in [0.4, 0.5) is 4.79 Å². The zero-order chi connectivity index (χ0) is 16.2. The van der Waals surface area contributed by atoms with Crippen LogP contribution in [0.5, 0.6) is 0 Å². The number of ether oxygens (including phenoxy) is 1. The van der Waals surface area contributed by atoms with Crippen molar-refractivity contribution in [2.45, 2.75) is 45.7 Å². The van der Waals surface area contributed by atoms with E-state index in [1.54, 1.807) is 4.90 Å². The Morgan fingerprint density at radius 2 is 1.95 bits per heavy atom. The molecule has 21 heavy (non-hydrogen) atoms. The Morgan fingerprint density at radius 1 is 1.33 bits per heavy atom. The third-order valence-corrected chi connectivity index (χ3v) is 4.05. The third kappa shape index (κ3) is 4.61. The van der Waals surface area contributed by atoms with Crippen LogP contribution in [-0.4, -0.2) is 53.7 Å². The van der Waals surface area contributed by atoms with Crippen LogP contribution < -0.4 is 5.32 Å². The molecule has 0 aromatic heterocycles. The van der Waals surface area contributed by atoms with E-state index in [0.717, 1.165) is 6.42 Å². The van der Waals surface area contributed by atoms with Gasteiger partial charge in [-0.2, -0.15) is 0 Å². The molecule has 4 atom stereocenters. The second kappa shape index (κ2) is 7.28. The minimum absolute atomic E-state index is 0.0359. The van der Waals surface area contributed by atoms with Crippen LogP contribution in [0.1, 0.15) is 33.6 Å². The predicted molar refractivity (Wildman–Crippen MR) is 75.7 cm³/mol. The molecular formula is C14H24N2O5. The molecule has 2 amide bonds. The van der Waals surface area contributed by atoms with E-state index < -0.39 is 24.0 Å². The van der Waals surface area contributed by atoms with Crippen molar-refractivity contribution in [3.05, 3.63) is 0 Å². The van der Waals surface area contributed by atoms with E-state index in [4.69, 9.17) is 5.11 Å². The minimum atomic E-state index is -1.27. The summed E-state index contributed by atoms with van der Waals surface area (Å²) in [4.78, 5) is 36.3. The molecule has 0 aliphatic carbocycles. The average molecular weight is 300 g/mol. The lowest BCUT2D eigenvalue weighted by molar-refractivity contribution is -0.147. The molecule has 1 heterocycles. The van der Waals surface area contributed by atoms with Gasteiger partial charge in [-0.15, -0.1) is 0 Å². The van der Waals surface area contributed by atoms with Crippen molar-refractivity contribution in [1.29, 1.82) is 0 Å². The first-order valence-corrected chi connectivity index (χ1v) is 7.13. The lowest BCUT2D eigenvalue weighted by Gasteiger charge is -2.41. The van der Waals surface area contributed by atoms with Crippen molar-refractivity contribution in [3.63, 3.8) is 0 Å². The van der Waals surface area contributed by atoms with Crippen molar-refractivity contribution in [3.8, 4) is 0 Å². The van der Waals surface area contributed by atoms with Gasteiger partial charge in [-0.25, -0.2) is 9.59 Å². The SMILES string of the molecule is COC(=O)C[C@H](NC(=O)N1CC(C)CC(C)C1C)C(=O)O. The largest absolute Gasteiger partial charge is 0.480 e. The monoisotopic (exact) mass is 300 g/mol. The summed E-state index contributed by atoms with van der Waals surface area (Å²) in [5, 5.41) is 11.5. The maximum atomic E-state index is 12.3. The maximum absolute atomic E-state index is 12.3. The van der Waals surface area contributed by atoms with Crippen LogP contribution in [0.3, 0.4) is 0 Å². The summed E-state index contributed by atoms with van der Waals surface area (Å²) >= 11 is 0.